The molecule has 0 atom stereocenters. The van der Waals surface area contributed by atoms with Gasteiger partial charge in [0.05, 0.1) is 13.2 Å². The van der Waals surface area contributed by atoms with E-state index in [4.69, 9.17) is 4.74 Å². The molecule has 1 heterocycles. The fourth-order valence-corrected chi connectivity index (χ4v) is 3.15. The van der Waals surface area contributed by atoms with Crippen LogP contribution in [0.15, 0.2) is 18.2 Å². The first-order valence-electron chi connectivity index (χ1n) is 10.3. The number of rotatable bonds is 6. The van der Waals surface area contributed by atoms with Crippen LogP contribution in [0.2, 0.25) is 0 Å². The minimum atomic E-state index is -0.454. The zero-order valence-electron chi connectivity index (χ0n) is 18.2. The molecular formula is C22H38N2O4. The van der Waals surface area contributed by atoms with Gasteiger partial charge in [-0.3, -0.25) is 4.90 Å². The topological polar surface area (TPSA) is 73.2 Å². The van der Waals surface area contributed by atoms with Gasteiger partial charge in [-0.15, -0.1) is 0 Å². The summed E-state index contributed by atoms with van der Waals surface area (Å²) in [6, 6.07) is 5.83. The van der Waals surface area contributed by atoms with E-state index in [1.807, 2.05) is 52.8 Å². The van der Waals surface area contributed by atoms with Crippen LogP contribution in [0.5, 0.6) is 0 Å². The average molecular weight is 395 g/mol. The van der Waals surface area contributed by atoms with Gasteiger partial charge < -0.3 is 19.8 Å². The smallest absolute Gasteiger partial charge is 0.410 e. The third kappa shape index (κ3) is 8.59. The van der Waals surface area contributed by atoms with E-state index in [1.165, 1.54) is 0 Å². The second-order valence-corrected chi connectivity index (χ2v) is 7.89. The van der Waals surface area contributed by atoms with E-state index in [1.54, 1.807) is 4.90 Å². The fourth-order valence-electron chi connectivity index (χ4n) is 3.15. The lowest BCUT2D eigenvalue weighted by atomic mass is 10.0. The average Bonchev–Trinajstić information content (AvgIpc) is 2.68. The number of aryl methyl sites for hydroxylation is 1. The molecule has 0 aromatic heterocycles. The number of aliphatic hydroxyl groups excluding tert-OH is 2. The highest BCUT2D eigenvalue weighted by Gasteiger charge is 2.25. The van der Waals surface area contributed by atoms with Gasteiger partial charge in [0, 0.05) is 26.2 Å². The van der Waals surface area contributed by atoms with Crippen molar-refractivity contribution in [2.45, 2.75) is 66.3 Å². The largest absolute Gasteiger partial charge is 0.444 e. The summed E-state index contributed by atoms with van der Waals surface area (Å²) in [5.74, 6) is 0. The molecule has 0 spiro atoms. The molecule has 1 aromatic rings. The van der Waals surface area contributed by atoms with E-state index >= 15 is 0 Å². The highest BCUT2D eigenvalue weighted by molar-refractivity contribution is 5.68. The standard InChI is InChI=1S/C20H32N2O4.C2H6/c1-20(2,3)26-19(25)22-9-7-21(8-10-22)6-4-5-16-11-17(14-23)13-18(12-16)15-24;1-2/h11-13,23-24H,4-10,14-15H2,1-3H3;1-2H3. The lowest BCUT2D eigenvalue weighted by Gasteiger charge is -2.35. The summed E-state index contributed by atoms with van der Waals surface area (Å²) in [5.41, 5.74) is 2.38. The molecular weight excluding hydrogens is 356 g/mol. The number of aliphatic hydroxyl groups is 2. The van der Waals surface area contributed by atoms with Crippen molar-refractivity contribution >= 4 is 6.09 Å². The van der Waals surface area contributed by atoms with Crippen LogP contribution in [0.3, 0.4) is 0 Å². The minimum Gasteiger partial charge on any atom is -0.444 e. The lowest BCUT2D eigenvalue weighted by Crippen LogP contribution is -2.50. The van der Waals surface area contributed by atoms with Crippen LogP contribution in [-0.4, -0.2) is 64.4 Å². The second kappa shape index (κ2) is 12.0. The van der Waals surface area contributed by atoms with E-state index in [9.17, 15) is 15.0 Å². The van der Waals surface area contributed by atoms with Gasteiger partial charge in [-0.2, -0.15) is 0 Å². The van der Waals surface area contributed by atoms with Crippen LogP contribution < -0.4 is 0 Å². The van der Waals surface area contributed by atoms with Crippen LogP contribution >= 0.6 is 0 Å². The zero-order chi connectivity index (χ0) is 21.2. The summed E-state index contributed by atoms with van der Waals surface area (Å²) in [6.07, 6.45) is 1.69. The first-order valence-corrected chi connectivity index (χ1v) is 10.3. The Bertz CT molecular complexity index is 568. The van der Waals surface area contributed by atoms with Gasteiger partial charge in [0.1, 0.15) is 5.60 Å². The molecule has 2 rings (SSSR count). The molecule has 1 amide bonds. The molecule has 1 aliphatic heterocycles. The van der Waals surface area contributed by atoms with Crippen LogP contribution in [0.25, 0.3) is 0 Å². The van der Waals surface area contributed by atoms with Gasteiger partial charge in [-0.1, -0.05) is 32.0 Å². The van der Waals surface area contributed by atoms with Gasteiger partial charge in [0.2, 0.25) is 0 Å². The second-order valence-electron chi connectivity index (χ2n) is 7.89. The predicted molar refractivity (Wildman–Crippen MR) is 112 cm³/mol. The third-order valence-corrected chi connectivity index (χ3v) is 4.44. The third-order valence-electron chi connectivity index (χ3n) is 4.44. The van der Waals surface area contributed by atoms with E-state index in [-0.39, 0.29) is 19.3 Å². The Morgan fingerprint density at radius 3 is 1.93 bits per heavy atom. The van der Waals surface area contributed by atoms with Crippen molar-refractivity contribution in [3.8, 4) is 0 Å². The monoisotopic (exact) mass is 394 g/mol. The van der Waals surface area contributed by atoms with Crippen molar-refractivity contribution in [3.05, 3.63) is 34.9 Å². The molecule has 0 saturated carbocycles. The van der Waals surface area contributed by atoms with E-state index in [0.717, 1.165) is 49.2 Å². The molecule has 1 saturated heterocycles. The molecule has 160 valence electrons. The number of carbonyl (C=O) groups excluding carboxylic acids is 1. The SMILES string of the molecule is CC.CC(C)(C)OC(=O)N1CCN(CCCc2cc(CO)cc(CO)c2)CC1. The normalized spacial score (nSPS) is 15.0. The number of ether oxygens (including phenoxy) is 1. The molecule has 28 heavy (non-hydrogen) atoms. The van der Waals surface area contributed by atoms with Gasteiger partial charge in [-0.05, 0) is 56.8 Å². The van der Waals surface area contributed by atoms with Crippen molar-refractivity contribution in [1.82, 2.24) is 9.80 Å². The van der Waals surface area contributed by atoms with E-state index < -0.39 is 5.60 Å². The molecule has 0 aliphatic carbocycles. The number of benzene rings is 1. The van der Waals surface area contributed by atoms with Crippen LogP contribution in [0, 0.1) is 0 Å². The molecule has 0 unspecified atom stereocenters. The Morgan fingerprint density at radius 2 is 1.46 bits per heavy atom. The summed E-state index contributed by atoms with van der Waals surface area (Å²) in [4.78, 5) is 16.2. The molecule has 2 N–H and O–H groups in total. The fraction of sp³-hybridized carbons (Fsp3) is 0.682. The highest BCUT2D eigenvalue weighted by atomic mass is 16.6. The molecule has 1 aromatic carbocycles. The number of piperazine rings is 1. The van der Waals surface area contributed by atoms with Crippen molar-refractivity contribution in [3.63, 3.8) is 0 Å². The van der Waals surface area contributed by atoms with E-state index in [0.29, 0.717) is 13.1 Å². The molecule has 6 nitrogen and oxygen atoms in total. The van der Waals surface area contributed by atoms with Crippen LogP contribution in [0.4, 0.5) is 4.79 Å². The van der Waals surface area contributed by atoms with Gasteiger partial charge in [0.15, 0.2) is 0 Å². The van der Waals surface area contributed by atoms with Crippen LogP contribution in [0.1, 0.15) is 57.7 Å². The molecule has 1 aliphatic rings. The highest BCUT2D eigenvalue weighted by Crippen LogP contribution is 2.15. The number of amides is 1. The molecule has 6 heteroatoms. The quantitative estimate of drug-likeness (QED) is 0.775. The summed E-state index contributed by atoms with van der Waals surface area (Å²) >= 11 is 0. The zero-order valence-corrected chi connectivity index (χ0v) is 18.2. The van der Waals surface area contributed by atoms with Gasteiger partial charge in [0.25, 0.3) is 0 Å². The Morgan fingerprint density at radius 1 is 0.964 bits per heavy atom. The van der Waals surface area contributed by atoms with Crippen molar-refractivity contribution < 1.29 is 19.7 Å². The first kappa shape index (κ1) is 24.4. The van der Waals surface area contributed by atoms with Crippen LogP contribution in [-0.2, 0) is 24.4 Å². The number of carbonyl (C=O) groups is 1. The maximum atomic E-state index is 12.1. The lowest BCUT2D eigenvalue weighted by molar-refractivity contribution is 0.0144. The van der Waals surface area contributed by atoms with Crippen molar-refractivity contribution in [2.24, 2.45) is 0 Å². The Balaban J connectivity index is 0.00000190. The molecule has 0 radical (unpaired) electrons. The Kier molecular flexibility index (Phi) is 10.5. The Labute approximate surface area is 170 Å². The molecule has 0 bridgehead atoms. The number of hydrogen-bond acceptors (Lipinski definition) is 5. The maximum absolute atomic E-state index is 12.1. The predicted octanol–water partition coefficient (Wildman–Crippen LogP) is 3.18. The molecule has 1 fully saturated rings. The van der Waals surface area contributed by atoms with Crippen molar-refractivity contribution in [2.75, 3.05) is 32.7 Å². The van der Waals surface area contributed by atoms with Gasteiger partial charge in [-0.25, -0.2) is 4.79 Å². The summed E-state index contributed by atoms with van der Waals surface area (Å²) < 4.78 is 5.42. The number of nitrogens with zero attached hydrogens (tertiary/aromatic N) is 2. The van der Waals surface area contributed by atoms with E-state index in [2.05, 4.69) is 4.90 Å². The maximum Gasteiger partial charge on any atom is 0.410 e. The Hall–Kier alpha value is -1.63. The first-order chi connectivity index (χ1) is 13.3. The number of hydrogen-bond donors (Lipinski definition) is 2. The summed E-state index contributed by atoms with van der Waals surface area (Å²) in [7, 11) is 0. The summed E-state index contributed by atoms with van der Waals surface area (Å²) in [5, 5.41) is 18.6. The van der Waals surface area contributed by atoms with Crippen molar-refractivity contribution in [1.29, 1.82) is 0 Å². The minimum absolute atomic E-state index is 0.00648. The summed E-state index contributed by atoms with van der Waals surface area (Å²) in [6.45, 7) is 13.7. The van der Waals surface area contributed by atoms with Gasteiger partial charge >= 0.3 is 6.09 Å².